The zero-order valence-corrected chi connectivity index (χ0v) is 11.2. The Hall–Kier alpha value is -2.07. The van der Waals surface area contributed by atoms with Gasteiger partial charge < -0.3 is 15.0 Å². The maximum absolute atomic E-state index is 11.8. The van der Waals surface area contributed by atoms with Gasteiger partial charge in [-0.1, -0.05) is 30.3 Å². The van der Waals surface area contributed by atoms with Gasteiger partial charge in [0.25, 0.3) is 5.91 Å². The fourth-order valence-corrected chi connectivity index (χ4v) is 2.29. The molecular formula is C15H18N2O2. The predicted octanol–water partition coefficient (Wildman–Crippen LogP) is 2.21. The third kappa shape index (κ3) is 2.69. The van der Waals surface area contributed by atoms with E-state index in [1.807, 2.05) is 48.0 Å². The Morgan fingerprint density at radius 1 is 1.32 bits per heavy atom. The molecule has 0 aliphatic rings. The van der Waals surface area contributed by atoms with Crippen LogP contribution in [0, 0.1) is 6.92 Å². The largest absolute Gasteiger partial charge is 0.383 e. The van der Waals surface area contributed by atoms with Crippen LogP contribution in [0.1, 0.15) is 16.1 Å². The zero-order valence-electron chi connectivity index (χ0n) is 11.2. The van der Waals surface area contributed by atoms with Crippen molar-refractivity contribution >= 4 is 5.91 Å². The third-order valence-electron chi connectivity index (χ3n) is 3.10. The number of benzene rings is 1. The molecule has 0 fully saturated rings. The standard InChI is InChI=1S/C15H18N2O2/c1-11-10-17(8-9-19-2)14(15(16)18)13(11)12-6-4-3-5-7-12/h3-7,10H,8-9H2,1-2H3,(H2,16,18). The minimum absolute atomic E-state index is 0.414. The van der Waals surface area contributed by atoms with Crippen LogP contribution in [0.4, 0.5) is 0 Å². The van der Waals surface area contributed by atoms with E-state index >= 15 is 0 Å². The second-order valence-corrected chi connectivity index (χ2v) is 4.45. The van der Waals surface area contributed by atoms with Gasteiger partial charge >= 0.3 is 0 Å². The predicted molar refractivity (Wildman–Crippen MR) is 75.0 cm³/mol. The number of methoxy groups -OCH3 is 1. The number of ether oxygens (including phenoxy) is 1. The highest BCUT2D eigenvalue weighted by Gasteiger charge is 2.18. The molecule has 1 aromatic carbocycles. The molecule has 4 nitrogen and oxygen atoms in total. The van der Waals surface area contributed by atoms with Gasteiger partial charge in [-0.3, -0.25) is 4.79 Å². The van der Waals surface area contributed by atoms with Crippen LogP contribution in [0.3, 0.4) is 0 Å². The van der Waals surface area contributed by atoms with E-state index in [2.05, 4.69) is 0 Å². The van der Waals surface area contributed by atoms with Crippen molar-refractivity contribution in [2.45, 2.75) is 13.5 Å². The minimum atomic E-state index is -0.414. The van der Waals surface area contributed by atoms with Gasteiger partial charge in [-0.25, -0.2) is 0 Å². The molecule has 4 heteroatoms. The summed E-state index contributed by atoms with van der Waals surface area (Å²) in [5.41, 5.74) is 9.03. The van der Waals surface area contributed by atoms with Crippen molar-refractivity contribution in [1.82, 2.24) is 4.57 Å². The quantitative estimate of drug-likeness (QED) is 0.894. The minimum Gasteiger partial charge on any atom is -0.383 e. The maximum Gasteiger partial charge on any atom is 0.265 e. The van der Waals surface area contributed by atoms with Crippen LogP contribution < -0.4 is 5.73 Å². The molecule has 19 heavy (non-hydrogen) atoms. The Morgan fingerprint density at radius 3 is 2.58 bits per heavy atom. The van der Waals surface area contributed by atoms with E-state index in [1.54, 1.807) is 7.11 Å². The third-order valence-corrected chi connectivity index (χ3v) is 3.10. The van der Waals surface area contributed by atoms with Crippen LogP contribution in [0.15, 0.2) is 36.5 Å². The van der Waals surface area contributed by atoms with Gasteiger partial charge in [0.15, 0.2) is 0 Å². The molecule has 0 unspecified atom stereocenters. The Kier molecular flexibility index (Phi) is 4.02. The molecule has 100 valence electrons. The van der Waals surface area contributed by atoms with Crippen LogP contribution in [0.2, 0.25) is 0 Å². The smallest absolute Gasteiger partial charge is 0.265 e. The highest BCUT2D eigenvalue weighted by atomic mass is 16.5. The Labute approximate surface area is 112 Å². The zero-order chi connectivity index (χ0) is 13.8. The molecule has 2 aromatic rings. The first-order chi connectivity index (χ1) is 9.15. The molecule has 0 saturated heterocycles. The number of amides is 1. The molecule has 0 radical (unpaired) electrons. The number of hydrogen-bond donors (Lipinski definition) is 1. The average Bonchev–Trinajstić information content (AvgIpc) is 2.74. The van der Waals surface area contributed by atoms with Crippen molar-refractivity contribution < 1.29 is 9.53 Å². The number of nitrogens with zero attached hydrogens (tertiary/aromatic N) is 1. The number of aromatic nitrogens is 1. The highest BCUT2D eigenvalue weighted by molar-refractivity contribution is 5.99. The van der Waals surface area contributed by atoms with Gasteiger partial charge in [-0.15, -0.1) is 0 Å². The van der Waals surface area contributed by atoms with Crippen LogP contribution in [-0.4, -0.2) is 24.2 Å². The fourth-order valence-electron chi connectivity index (χ4n) is 2.29. The van der Waals surface area contributed by atoms with Crippen LogP contribution in [0.25, 0.3) is 11.1 Å². The topological polar surface area (TPSA) is 57.2 Å². The average molecular weight is 258 g/mol. The Bertz CT molecular complexity index is 573. The number of rotatable bonds is 5. The van der Waals surface area contributed by atoms with Crippen molar-refractivity contribution in [3.63, 3.8) is 0 Å². The van der Waals surface area contributed by atoms with E-state index in [0.29, 0.717) is 18.8 Å². The second kappa shape index (κ2) is 5.71. The Balaban J connectivity index is 2.54. The summed E-state index contributed by atoms with van der Waals surface area (Å²) in [4.78, 5) is 11.8. The molecule has 0 spiro atoms. The number of nitrogens with two attached hydrogens (primary N) is 1. The first-order valence-corrected chi connectivity index (χ1v) is 6.19. The molecule has 1 amide bonds. The molecule has 0 atom stereocenters. The SMILES string of the molecule is COCCn1cc(C)c(-c2ccccc2)c1C(N)=O. The number of carbonyl (C=O) groups is 1. The van der Waals surface area contributed by atoms with E-state index in [1.165, 1.54) is 0 Å². The first kappa shape index (κ1) is 13.4. The van der Waals surface area contributed by atoms with Crippen molar-refractivity contribution in [2.24, 2.45) is 5.73 Å². The monoisotopic (exact) mass is 258 g/mol. The summed E-state index contributed by atoms with van der Waals surface area (Å²) >= 11 is 0. The summed E-state index contributed by atoms with van der Waals surface area (Å²) in [6.45, 7) is 3.14. The summed E-state index contributed by atoms with van der Waals surface area (Å²) < 4.78 is 6.93. The van der Waals surface area contributed by atoms with Crippen LogP contribution in [-0.2, 0) is 11.3 Å². The van der Waals surface area contributed by atoms with Gasteiger partial charge in [0.2, 0.25) is 0 Å². The normalized spacial score (nSPS) is 10.6. The Morgan fingerprint density at radius 2 is 2.00 bits per heavy atom. The fraction of sp³-hybridized carbons (Fsp3) is 0.267. The van der Waals surface area contributed by atoms with Gasteiger partial charge in [0.1, 0.15) is 5.69 Å². The first-order valence-electron chi connectivity index (χ1n) is 6.19. The van der Waals surface area contributed by atoms with Crippen LogP contribution >= 0.6 is 0 Å². The lowest BCUT2D eigenvalue weighted by atomic mass is 10.0. The molecular weight excluding hydrogens is 240 g/mol. The molecule has 1 heterocycles. The van der Waals surface area contributed by atoms with E-state index in [-0.39, 0.29) is 0 Å². The summed E-state index contributed by atoms with van der Waals surface area (Å²) in [5.74, 6) is -0.414. The van der Waals surface area contributed by atoms with Crippen molar-refractivity contribution in [2.75, 3.05) is 13.7 Å². The van der Waals surface area contributed by atoms with Gasteiger partial charge in [0, 0.05) is 25.4 Å². The summed E-state index contributed by atoms with van der Waals surface area (Å²) in [5, 5.41) is 0. The molecule has 0 aliphatic heterocycles. The molecule has 0 bridgehead atoms. The lowest BCUT2D eigenvalue weighted by Crippen LogP contribution is -2.19. The highest BCUT2D eigenvalue weighted by Crippen LogP contribution is 2.28. The summed E-state index contributed by atoms with van der Waals surface area (Å²) in [7, 11) is 1.64. The maximum atomic E-state index is 11.8. The molecule has 1 aromatic heterocycles. The van der Waals surface area contributed by atoms with Gasteiger partial charge in [0.05, 0.1) is 6.61 Å². The second-order valence-electron chi connectivity index (χ2n) is 4.45. The number of aryl methyl sites for hydroxylation is 1. The number of carbonyl (C=O) groups excluding carboxylic acids is 1. The van der Waals surface area contributed by atoms with Crippen molar-refractivity contribution in [3.05, 3.63) is 47.8 Å². The number of primary amides is 1. The van der Waals surface area contributed by atoms with E-state index in [9.17, 15) is 4.79 Å². The molecule has 2 N–H and O–H groups in total. The lowest BCUT2D eigenvalue weighted by molar-refractivity contribution is 0.0989. The lowest BCUT2D eigenvalue weighted by Gasteiger charge is -2.08. The van der Waals surface area contributed by atoms with Gasteiger partial charge in [-0.2, -0.15) is 0 Å². The molecule has 0 saturated carbocycles. The van der Waals surface area contributed by atoms with E-state index in [0.717, 1.165) is 16.7 Å². The van der Waals surface area contributed by atoms with Gasteiger partial charge in [-0.05, 0) is 18.1 Å². The van der Waals surface area contributed by atoms with E-state index < -0.39 is 5.91 Å². The molecule has 0 aliphatic carbocycles. The summed E-state index contributed by atoms with van der Waals surface area (Å²) in [6, 6.07) is 9.81. The van der Waals surface area contributed by atoms with E-state index in [4.69, 9.17) is 10.5 Å². The van der Waals surface area contributed by atoms with Crippen molar-refractivity contribution in [1.29, 1.82) is 0 Å². The van der Waals surface area contributed by atoms with Crippen molar-refractivity contribution in [3.8, 4) is 11.1 Å². The van der Waals surface area contributed by atoms with Crippen LogP contribution in [0.5, 0.6) is 0 Å². The summed E-state index contributed by atoms with van der Waals surface area (Å²) in [6.07, 6.45) is 1.95. The number of hydrogen-bond acceptors (Lipinski definition) is 2. The molecule has 2 rings (SSSR count).